The number of aromatic nitrogens is 2. The number of hydrogen-bond acceptors (Lipinski definition) is 6. The van der Waals surface area contributed by atoms with Gasteiger partial charge in [-0.1, -0.05) is 67.6 Å². The summed E-state index contributed by atoms with van der Waals surface area (Å²) in [5.74, 6) is 0.272. The Balaban J connectivity index is 1.37. The van der Waals surface area contributed by atoms with Crippen LogP contribution in [0.25, 0.3) is 11.0 Å². The van der Waals surface area contributed by atoms with E-state index >= 15 is 0 Å². The van der Waals surface area contributed by atoms with Gasteiger partial charge in [0.25, 0.3) is 5.91 Å². The second kappa shape index (κ2) is 13.3. The van der Waals surface area contributed by atoms with Gasteiger partial charge in [-0.2, -0.15) is 0 Å². The van der Waals surface area contributed by atoms with Crippen molar-refractivity contribution in [3.63, 3.8) is 0 Å². The Labute approximate surface area is 247 Å². The van der Waals surface area contributed by atoms with Gasteiger partial charge >= 0.3 is 0 Å². The van der Waals surface area contributed by atoms with Gasteiger partial charge in [0, 0.05) is 50.9 Å². The first-order chi connectivity index (χ1) is 20.3. The van der Waals surface area contributed by atoms with E-state index in [1.54, 1.807) is 4.57 Å². The number of rotatable bonds is 11. The van der Waals surface area contributed by atoms with Gasteiger partial charge in [-0.15, -0.1) is 0 Å². The van der Waals surface area contributed by atoms with Crippen molar-refractivity contribution in [2.24, 2.45) is 7.05 Å². The quantitative estimate of drug-likeness (QED) is 0.257. The van der Waals surface area contributed by atoms with Crippen LogP contribution in [-0.4, -0.2) is 64.6 Å². The van der Waals surface area contributed by atoms with Crippen LogP contribution in [-0.2, 0) is 31.2 Å². The number of ketones is 1. The Morgan fingerprint density at radius 2 is 1.81 bits per heavy atom. The first-order valence-corrected chi connectivity index (χ1v) is 14.8. The predicted molar refractivity (Wildman–Crippen MR) is 164 cm³/mol. The number of nitrogens with one attached hydrogen (secondary N) is 1. The second-order valence-electron chi connectivity index (χ2n) is 11.1. The lowest BCUT2D eigenvalue weighted by molar-refractivity contribution is -0.0293. The third-order valence-electron chi connectivity index (χ3n) is 7.60. The molecule has 1 aliphatic heterocycles. The molecule has 1 unspecified atom stereocenters. The monoisotopic (exact) mass is 568 g/mol. The summed E-state index contributed by atoms with van der Waals surface area (Å²) in [4.78, 5) is 34.1. The molecule has 4 aromatic rings. The van der Waals surface area contributed by atoms with Crippen LogP contribution < -0.4 is 10.1 Å². The SMILES string of the molecule is CCc1nc2c(cc1CC(=O)c1ccccc1)c(OC(C)C)c(C(=O)NCC1CN(Cc3ccccc3)CCO1)n2C. The average molecular weight is 569 g/mol. The molecule has 2 aromatic heterocycles. The summed E-state index contributed by atoms with van der Waals surface area (Å²) in [5, 5.41) is 3.82. The molecule has 1 atom stereocenters. The maximum absolute atomic E-state index is 13.7. The van der Waals surface area contributed by atoms with Crippen molar-refractivity contribution >= 4 is 22.7 Å². The van der Waals surface area contributed by atoms with Crippen molar-refractivity contribution in [3.05, 3.63) is 94.8 Å². The average Bonchev–Trinajstić information content (AvgIpc) is 3.26. The first kappa shape index (κ1) is 29.5. The number of fused-ring (bicyclic) bond motifs is 1. The molecule has 0 bridgehead atoms. The molecule has 42 heavy (non-hydrogen) atoms. The number of benzene rings is 2. The lowest BCUT2D eigenvalue weighted by Crippen LogP contribution is -2.47. The summed E-state index contributed by atoms with van der Waals surface area (Å²) in [6, 6.07) is 21.6. The standard InChI is InChI=1S/C34H40N4O4/c1-5-29-26(19-30(39)25-14-10-7-11-15-25)18-28-32(42-23(2)3)31(37(4)33(28)36-29)34(40)35-20-27-22-38(16-17-41-27)21-24-12-8-6-9-13-24/h6-15,18,23,27H,5,16-17,19-22H2,1-4H3,(H,35,40). The molecule has 1 N–H and O–H groups in total. The lowest BCUT2D eigenvalue weighted by Gasteiger charge is -2.33. The van der Waals surface area contributed by atoms with Gasteiger partial charge in [-0.05, 0) is 37.5 Å². The van der Waals surface area contributed by atoms with Gasteiger partial charge in [-0.25, -0.2) is 4.98 Å². The minimum Gasteiger partial charge on any atom is -0.488 e. The van der Waals surface area contributed by atoms with Gasteiger partial charge in [0.1, 0.15) is 5.65 Å². The number of nitrogens with zero attached hydrogens (tertiary/aromatic N) is 3. The number of hydrogen-bond donors (Lipinski definition) is 1. The fourth-order valence-corrected chi connectivity index (χ4v) is 5.54. The topological polar surface area (TPSA) is 85.7 Å². The highest BCUT2D eigenvalue weighted by Crippen LogP contribution is 2.34. The summed E-state index contributed by atoms with van der Waals surface area (Å²) in [6.45, 7) is 9.35. The molecule has 0 saturated carbocycles. The summed E-state index contributed by atoms with van der Waals surface area (Å²) >= 11 is 0. The Hall–Kier alpha value is -4.01. The van der Waals surface area contributed by atoms with Gasteiger partial charge in [0.15, 0.2) is 17.2 Å². The summed E-state index contributed by atoms with van der Waals surface area (Å²) < 4.78 is 14.0. The van der Waals surface area contributed by atoms with E-state index in [4.69, 9.17) is 14.5 Å². The fourth-order valence-electron chi connectivity index (χ4n) is 5.54. The number of amides is 1. The smallest absolute Gasteiger partial charge is 0.271 e. The van der Waals surface area contributed by atoms with Crippen LogP contribution in [0.1, 0.15) is 58.4 Å². The fraction of sp³-hybridized carbons (Fsp3) is 0.382. The summed E-state index contributed by atoms with van der Waals surface area (Å²) in [5.41, 5.74) is 4.68. The third kappa shape index (κ3) is 6.72. The van der Waals surface area contributed by atoms with Gasteiger partial charge < -0.3 is 19.4 Å². The number of Topliss-reactive ketones (excluding diaryl/α,β-unsaturated/α-hetero) is 1. The minimum atomic E-state index is -0.241. The highest BCUT2D eigenvalue weighted by Gasteiger charge is 2.28. The van der Waals surface area contributed by atoms with E-state index in [1.165, 1.54) is 5.56 Å². The Morgan fingerprint density at radius 3 is 2.50 bits per heavy atom. The van der Waals surface area contributed by atoms with E-state index < -0.39 is 0 Å². The Kier molecular flexibility index (Phi) is 9.35. The maximum Gasteiger partial charge on any atom is 0.271 e. The molecule has 1 fully saturated rings. The van der Waals surface area contributed by atoms with E-state index in [-0.39, 0.29) is 30.3 Å². The zero-order valence-corrected chi connectivity index (χ0v) is 24.9. The highest BCUT2D eigenvalue weighted by molar-refractivity contribution is 6.04. The highest BCUT2D eigenvalue weighted by atomic mass is 16.5. The van der Waals surface area contributed by atoms with E-state index in [0.29, 0.717) is 42.2 Å². The molecule has 8 heteroatoms. The van der Waals surface area contributed by atoms with Crippen LogP contribution in [0, 0.1) is 0 Å². The number of carbonyl (C=O) groups excluding carboxylic acids is 2. The molecule has 220 valence electrons. The molecule has 0 spiro atoms. The number of carbonyl (C=O) groups is 2. The normalized spacial score (nSPS) is 15.7. The van der Waals surface area contributed by atoms with Crippen molar-refractivity contribution in [1.82, 2.24) is 19.8 Å². The maximum atomic E-state index is 13.7. The van der Waals surface area contributed by atoms with Crippen LogP contribution in [0.2, 0.25) is 0 Å². The van der Waals surface area contributed by atoms with E-state index in [0.717, 1.165) is 36.3 Å². The molecular weight excluding hydrogens is 528 g/mol. The Morgan fingerprint density at radius 1 is 1.10 bits per heavy atom. The van der Waals surface area contributed by atoms with Crippen molar-refractivity contribution in [1.29, 1.82) is 0 Å². The van der Waals surface area contributed by atoms with Gasteiger partial charge in [0.05, 0.1) is 24.2 Å². The van der Waals surface area contributed by atoms with Gasteiger partial charge in [-0.3, -0.25) is 14.5 Å². The van der Waals surface area contributed by atoms with E-state index in [9.17, 15) is 9.59 Å². The molecule has 2 aromatic carbocycles. The van der Waals surface area contributed by atoms with E-state index in [1.807, 2.05) is 70.3 Å². The van der Waals surface area contributed by atoms with Crippen molar-refractivity contribution < 1.29 is 19.1 Å². The predicted octanol–water partition coefficient (Wildman–Crippen LogP) is 4.98. The molecule has 8 nitrogen and oxygen atoms in total. The molecule has 0 aliphatic carbocycles. The number of aryl methyl sites for hydroxylation is 2. The molecule has 0 radical (unpaired) electrons. The zero-order valence-electron chi connectivity index (χ0n) is 24.9. The number of pyridine rings is 1. The molecule has 3 heterocycles. The van der Waals surface area contributed by atoms with Crippen LogP contribution in [0.3, 0.4) is 0 Å². The summed E-state index contributed by atoms with van der Waals surface area (Å²) in [6.07, 6.45) is 0.622. The largest absolute Gasteiger partial charge is 0.488 e. The number of ether oxygens (including phenoxy) is 2. The molecule has 1 saturated heterocycles. The molecule has 5 rings (SSSR count). The second-order valence-corrected chi connectivity index (χ2v) is 11.1. The van der Waals surface area contributed by atoms with Crippen LogP contribution in [0.5, 0.6) is 5.75 Å². The van der Waals surface area contributed by atoms with Crippen LogP contribution in [0.4, 0.5) is 0 Å². The lowest BCUT2D eigenvalue weighted by atomic mass is 10.00. The molecule has 1 aliphatic rings. The first-order valence-electron chi connectivity index (χ1n) is 14.8. The minimum absolute atomic E-state index is 0.0282. The van der Waals surface area contributed by atoms with Crippen molar-refractivity contribution in [2.45, 2.75) is 52.4 Å². The zero-order chi connectivity index (χ0) is 29.6. The Bertz CT molecular complexity index is 1530. The van der Waals surface area contributed by atoms with Crippen LogP contribution >= 0.6 is 0 Å². The molecule has 1 amide bonds. The third-order valence-corrected chi connectivity index (χ3v) is 7.60. The van der Waals surface area contributed by atoms with Crippen LogP contribution in [0.15, 0.2) is 66.7 Å². The van der Waals surface area contributed by atoms with Crippen molar-refractivity contribution in [2.75, 3.05) is 26.2 Å². The number of morpholine rings is 1. The molecular formula is C34H40N4O4. The van der Waals surface area contributed by atoms with E-state index in [2.05, 4.69) is 34.5 Å². The summed E-state index contributed by atoms with van der Waals surface area (Å²) in [7, 11) is 1.84. The van der Waals surface area contributed by atoms with Gasteiger partial charge in [0.2, 0.25) is 0 Å². The van der Waals surface area contributed by atoms with Crippen molar-refractivity contribution in [3.8, 4) is 5.75 Å².